The van der Waals surface area contributed by atoms with Crippen molar-refractivity contribution < 1.29 is 33.1 Å². The predicted octanol–water partition coefficient (Wildman–Crippen LogP) is 6.05. The number of rotatable bonds is 14. The summed E-state index contributed by atoms with van der Waals surface area (Å²) in [6.07, 6.45) is 3.41. The van der Waals surface area contributed by atoms with Gasteiger partial charge in [0.1, 0.15) is 42.7 Å². The molecule has 0 heterocycles. The van der Waals surface area contributed by atoms with Gasteiger partial charge in [0.25, 0.3) is 0 Å². The summed E-state index contributed by atoms with van der Waals surface area (Å²) in [5, 5.41) is 8.13. The van der Waals surface area contributed by atoms with Crippen molar-refractivity contribution in [3.63, 3.8) is 0 Å². The van der Waals surface area contributed by atoms with E-state index >= 15 is 0 Å². The molecule has 0 fully saturated rings. The maximum absolute atomic E-state index is 13.0. The number of nitrogens with zero attached hydrogens (tertiary/aromatic N) is 2. The van der Waals surface area contributed by atoms with Gasteiger partial charge in [-0.1, -0.05) is 65.8 Å². The number of carbonyl (C=O) groups is 1. The van der Waals surface area contributed by atoms with Gasteiger partial charge in [0, 0.05) is 5.56 Å². The first-order valence-corrected chi connectivity index (χ1v) is 12.2. The SMILES string of the molecule is CCC(C=NOCc1ccc(OCc2ccc(F)cc2)cc1)=NOCc1ccccc1C(=COC)C(=O)OC. The zero-order chi connectivity index (χ0) is 27.9. The number of benzene rings is 3. The normalized spacial score (nSPS) is 11.8. The summed E-state index contributed by atoms with van der Waals surface area (Å²) in [5.41, 5.74) is 4.02. The van der Waals surface area contributed by atoms with Gasteiger partial charge in [0.05, 0.1) is 26.7 Å². The summed E-state index contributed by atoms with van der Waals surface area (Å²) in [6, 6.07) is 20.9. The monoisotopic (exact) mass is 534 g/mol. The Morgan fingerprint density at radius 3 is 2.26 bits per heavy atom. The number of carbonyl (C=O) groups excluding carboxylic acids is 1. The Balaban J connectivity index is 1.49. The van der Waals surface area contributed by atoms with E-state index in [1.807, 2.05) is 49.4 Å². The predicted molar refractivity (Wildman–Crippen MR) is 146 cm³/mol. The molecule has 8 nitrogen and oxygen atoms in total. The van der Waals surface area contributed by atoms with E-state index in [4.69, 9.17) is 23.9 Å². The molecule has 0 bridgehead atoms. The number of methoxy groups -OCH3 is 2. The van der Waals surface area contributed by atoms with E-state index < -0.39 is 5.97 Å². The van der Waals surface area contributed by atoms with E-state index in [0.29, 0.717) is 30.1 Å². The maximum atomic E-state index is 13.0. The largest absolute Gasteiger partial charge is 0.503 e. The van der Waals surface area contributed by atoms with Gasteiger partial charge in [0.2, 0.25) is 0 Å². The highest BCUT2D eigenvalue weighted by molar-refractivity contribution is 6.30. The quantitative estimate of drug-likeness (QED) is 0.0823. The fourth-order valence-electron chi connectivity index (χ4n) is 3.36. The molecule has 9 heteroatoms. The molecule has 3 rings (SSSR count). The molecular formula is C30H31FN2O6. The van der Waals surface area contributed by atoms with Crippen LogP contribution in [-0.4, -0.2) is 32.1 Å². The Morgan fingerprint density at radius 1 is 0.872 bits per heavy atom. The lowest BCUT2D eigenvalue weighted by molar-refractivity contribution is -0.133. The molecule has 0 aromatic heterocycles. The number of oxime groups is 2. The van der Waals surface area contributed by atoms with Crippen molar-refractivity contribution in [3.05, 3.63) is 107 Å². The number of esters is 1. The zero-order valence-corrected chi connectivity index (χ0v) is 22.1. The molecule has 0 radical (unpaired) electrons. The van der Waals surface area contributed by atoms with Crippen molar-refractivity contribution in [1.82, 2.24) is 0 Å². The fraction of sp³-hybridized carbons (Fsp3) is 0.233. The molecule has 0 amide bonds. The molecule has 0 atom stereocenters. The molecule has 0 aliphatic rings. The lowest BCUT2D eigenvalue weighted by Crippen LogP contribution is -2.07. The number of hydrogen-bond donors (Lipinski definition) is 0. The molecule has 0 aliphatic heterocycles. The lowest BCUT2D eigenvalue weighted by Gasteiger charge is -2.11. The van der Waals surface area contributed by atoms with Crippen LogP contribution in [0.1, 0.15) is 35.6 Å². The standard InChI is InChI=1S/C30H31FN2O6/c1-4-26(33-39-20-24-7-5-6-8-28(24)29(21-35-2)30(34)36-3)17-32-38-19-23-11-15-27(16-12-23)37-18-22-9-13-25(31)14-10-22/h5-17,21H,4,18-20H2,1-3H3. The highest BCUT2D eigenvalue weighted by Gasteiger charge is 2.16. The second kappa shape index (κ2) is 15.6. The lowest BCUT2D eigenvalue weighted by atomic mass is 10.0. The van der Waals surface area contributed by atoms with Crippen LogP contribution in [0.3, 0.4) is 0 Å². The number of ether oxygens (including phenoxy) is 3. The maximum Gasteiger partial charge on any atom is 0.341 e. The average molecular weight is 535 g/mol. The van der Waals surface area contributed by atoms with E-state index in [2.05, 4.69) is 10.3 Å². The minimum atomic E-state index is -0.515. The van der Waals surface area contributed by atoms with Gasteiger partial charge in [-0.05, 0) is 47.4 Å². The van der Waals surface area contributed by atoms with Gasteiger partial charge in [-0.15, -0.1) is 0 Å². The van der Waals surface area contributed by atoms with Gasteiger partial charge >= 0.3 is 5.97 Å². The molecule has 0 saturated heterocycles. The van der Waals surface area contributed by atoms with Crippen LogP contribution < -0.4 is 4.74 Å². The molecule has 3 aromatic rings. The minimum absolute atomic E-state index is 0.127. The van der Waals surface area contributed by atoms with Crippen molar-refractivity contribution in [2.24, 2.45) is 10.3 Å². The van der Waals surface area contributed by atoms with E-state index in [0.717, 1.165) is 16.7 Å². The van der Waals surface area contributed by atoms with Gasteiger partial charge in [0.15, 0.2) is 0 Å². The first-order valence-electron chi connectivity index (χ1n) is 12.2. The second-order valence-corrected chi connectivity index (χ2v) is 8.19. The van der Waals surface area contributed by atoms with Crippen molar-refractivity contribution in [2.45, 2.75) is 33.2 Å². The van der Waals surface area contributed by atoms with E-state index in [-0.39, 0.29) is 24.6 Å². The Labute approximate surface area is 227 Å². The zero-order valence-electron chi connectivity index (χ0n) is 22.1. The van der Waals surface area contributed by atoms with Gasteiger partial charge in [-0.3, -0.25) is 0 Å². The number of hydrogen-bond acceptors (Lipinski definition) is 8. The van der Waals surface area contributed by atoms with E-state index in [1.165, 1.54) is 38.8 Å². The van der Waals surface area contributed by atoms with Crippen LogP contribution in [-0.2, 0) is 43.8 Å². The van der Waals surface area contributed by atoms with Crippen LogP contribution in [0.4, 0.5) is 4.39 Å². The van der Waals surface area contributed by atoms with Crippen molar-refractivity contribution in [3.8, 4) is 5.75 Å². The highest BCUT2D eigenvalue weighted by Crippen LogP contribution is 2.22. The Hall–Kier alpha value is -4.66. The van der Waals surface area contributed by atoms with Crippen molar-refractivity contribution >= 4 is 23.5 Å². The van der Waals surface area contributed by atoms with Gasteiger partial charge in [-0.2, -0.15) is 0 Å². The van der Waals surface area contributed by atoms with Gasteiger partial charge < -0.3 is 23.9 Å². The van der Waals surface area contributed by atoms with Crippen molar-refractivity contribution in [1.29, 1.82) is 0 Å². The molecule has 3 aromatic carbocycles. The first kappa shape index (κ1) is 28.9. The Bertz CT molecular complexity index is 1290. The molecule has 39 heavy (non-hydrogen) atoms. The van der Waals surface area contributed by atoms with Crippen LogP contribution in [0.25, 0.3) is 5.57 Å². The highest BCUT2D eigenvalue weighted by atomic mass is 19.1. The molecule has 0 unspecified atom stereocenters. The molecular weight excluding hydrogens is 503 g/mol. The molecule has 0 spiro atoms. The number of halogens is 1. The molecule has 0 aliphatic carbocycles. The summed E-state index contributed by atoms with van der Waals surface area (Å²) in [6.45, 7) is 2.66. The third kappa shape index (κ3) is 9.30. The van der Waals surface area contributed by atoms with Crippen LogP contribution in [0.5, 0.6) is 5.75 Å². The summed E-state index contributed by atoms with van der Waals surface area (Å²) in [7, 11) is 2.77. The topological polar surface area (TPSA) is 87.9 Å². The van der Waals surface area contributed by atoms with Crippen LogP contribution in [0.15, 0.2) is 89.4 Å². The van der Waals surface area contributed by atoms with Crippen molar-refractivity contribution in [2.75, 3.05) is 14.2 Å². The van der Waals surface area contributed by atoms with Crippen LogP contribution in [0.2, 0.25) is 0 Å². The Morgan fingerprint density at radius 2 is 1.56 bits per heavy atom. The fourth-order valence-corrected chi connectivity index (χ4v) is 3.36. The smallest absolute Gasteiger partial charge is 0.341 e. The Kier molecular flexibility index (Phi) is 11.5. The summed E-state index contributed by atoms with van der Waals surface area (Å²) < 4.78 is 28.6. The average Bonchev–Trinajstić information content (AvgIpc) is 2.97. The van der Waals surface area contributed by atoms with Crippen LogP contribution in [0, 0.1) is 5.82 Å². The third-order valence-electron chi connectivity index (χ3n) is 5.46. The molecule has 0 saturated carbocycles. The summed E-state index contributed by atoms with van der Waals surface area (Å²) >= 11 is 0. The first-order chi connectivity index (χ1) is 19.0. The summed E-state index contributed by atoms with van der Waals surface area (Å²) in [5.74, 6) is -0.0936. The second-order valence-electron chi connectivity index (χ2n) is 8.19. The van der Waals surface area contributed by atoms with E-state index in [9.17, 15) is 9.18 Å². The minimum Gasteiger partial charge on any atom is -0.503 e. The molecule has 204 valence electrons. The van der Waals surface area contributed by atoms with Crippen LogP contribution >= 0.6 is 0 Å². The molecule has 0 N–H and O–H groups in total. The summed E-state index contributed by atoms with van der Waals surface area (Å²) in [4.78, 5) is 23.1. The third-order valence-corrected chi connectivity index (χ3v) is 5.46. The van der Waals surface area contributed by atoms with Gasteiger partial charge in [-0.25, -0.2) is 9.18 Å². The van der Waals surface area contributed by atoms with E-state index in [1.54, 1.807) is 18.2 Å².